The van der Waals surface area contributed by atoms with E-state index in [-0.39, 0.29) is 17.9 Å². The summed E-state index contributed by atoms with van der Waals surface area (Å²) in [4.78, 5) is 26.3. The molecule has 2 aliphatic rings. The van der Waals surface area contributed by atoms with Crippen LogP contribution >= 0.6 is 0 Å². The molecule has 23 heavy (non-hydrogen) atoms. The quantitative estimate of drug-likeness (QED) is 0.823. The molecule has 126 valence electrons. The minimum Gasteiger partial charge on any atom is -0.354 e. The van der Waals surface area contributed by atoms with E-state index >= 15 is 0 Å². The second-order valence-electron chi connectivity index (χ2n) is 6.37. The average Bonchev–Trinajstić information content (AvgIpc) is 2.89. The standard InChI is InChI=1S/C15H24N6O2/c1-20-10-17-19-13(20)11-5-4-8-21(9-11)15(23)18-12-6-2-3-7-16-14(12)22/h10-12H,2-9H2,1H3,(H,16,22)(H,18,23)/t11-,12+/m1/s1. The summed E-state index contributed by atoms with van der Waals surface area (Å²) in [5, 5.41) is 13.8. The Bertz CT molecular complexity index is 572. The van der Waals surface area contributed by atoms with Crippen LogP contribution in [0, 0.1) is 0 Å². The van der Waals surface area contributed by atoms with E-state index in [0.29, 0.717) is 26.1 Å². The van der Waals surface area contributed by atoms with Gasteiger partial charge in [0.2, 0.25) is 5.91 Å². The summed E-state index contributed by atoms with van der Waals surface area (Å²) in [6.07, 6.45) is 6.24. The zero-order valence-electron chi connectivity index (χ0n) is 13.5. The Hall–Kier alpha value is -2.12. The lowest BCUT2D eigenvalue weighted by Gasteiger charge is -2.33. The molecule has 0 aliphatic carbocycles. The van der Waals surface area contributed by atoms with Gasteiger partial charge in [0, 0.05) is 32.6 Å². The topological polar surface area (TPSA) is 92.2 Å². The molecule has 0 unspecified atom stereocenters. The van der Waals surface area contributed by atoms with Crippen LogP contribution < -0.4 is 10.6 Å². The van der Waals surface area contributed by atoms with Crippen molar-refractivity contribution in [2.24, 2.45) is 7.05 Å². The largest absolute Gasteiger partial charge is 0.354 e. The minimum absolute atomic E-state index is 0.0716. The highest BCUT2D eigenvalue weighted by atomic mass is 16.2. The highest BCUT2D eigenvalue weighted by Crippen LogP contribution is 2.25. The van der Waals surface area contributed by atoms with E-state index in [2.05, 4.69) is 20.8 Å². The van der Waals surface area contributed by atoms with Gasteiger partial charge in [0.1, 0.15) is 18.2 Å². The number of likely N-dealkylation sites (tertiary alicyclic amines) is 1. The number of hydrogen-bond donors (Lipinski definition) is 2. The Kier molecular flexibility index (Phi) is 4.78. The number of carbonyl (C=O) groups is 2. The van der Waals surface area contributed by atoms with Crippen molar-refractivity contribution in [1.29, 1.82) is 0 Å². The predicted molar refractivity (Wildman–Crippen MR) is 83.7 cm³/mol. The predicted octanol–water partition coefficient (Wildman–Crippen LogP) is 0.373. The van der Waals surface area contributed by atoms with Gasteiger partial charge in [-0.25, -0.2) is 4.79 Å². The van der Waals surface area contributed by atoms with Crippen molar-refractivity contribution in [3.05, 3.63) is 12.2 Å². The molecule has 8 nitrogen and oxygen atoms in total. The van der Waals surface area contributed by atoms with Gasteiger partial charge < -0.3 is 20.1 Å². The molecule has 2 atom stereocenters. The fourth-order valence-electron chi connectivity index (χ4n) is 3.35. The first-order valence-electron chi connectivity index (χ1n) is 8.32. The molecule has 0 saturated carbocycles. The first kappa shape index (κ1) is 15.8. The van der Waals surface area contributed by atoms with Gasteiger partial charge in [-0.2, -0.15) is 0 Å². The summed E-state index contributed by atoms with van der Waals surface area (Å²) >= 11 is 0. The fourth-order valence-corrected chi connectivity index (χ4v) is 3.35. The molecule has 0 radical (unpaired) electrons. The summed E-state index contributed by atoms with van der Waals surface area (Å²) in [7, 11) is 1.92. The van der Waals surface area contributed by atoms with E-state index in [9.17, 15) is 9.59 Å². The third-order valence-corrected chi connectivity index (χ3v) is 4.65. The van der Waals surface area contributed by atoms with Crippen LogP contribution in [0.4, 0.5) is 4.79 Å². The Morgan fingerprint density at radius 1 is 1.35 bits per heavy atom. The zero-order chi connectivity index (χ0) is 16.2. The summed E-state index contributed by atoms with van der Waals surface area (Å²) in [6.45, 7) is 2.03. The lowest BCUT2D eigenvalue weighted by Crippen LogP contribution is -2.52. The van der Waals surface area contributed by atoms with E-state index in [4.69, 9.17) is 0 Å². The number of aromatic nitrogens is 3. The summed E-state index contributed by atoms with van der Waals surface area (Å²) < 4.78 is 1.91. The molecule has 2 aliphatic heterocycles. The van der Waals surface area contributed by atoms with Crippen molar-refractivity contribution in [3.8, 4) is 0 Å². The van der Waals surface area contributed by atoms with Gasteiger partial charge in [-0.3, -0.25) is 4.79 Å². The minimum atomic E-state index is -0.416. The first-order valence-corrected chi connectivity index (χ1v) is 8.32. The van der Waals surface area contributed by atoms with Gasteiger partial charge >= 0.3 is 6.03 Å². The van der Waals surface area contributed by atoms with Crippen LogP contribution in [0.1, 0.15) is 43.8 Å². The van der Waals surface area contributed by atoms with E-state index in [1.54, 1.807) is 11.2 Å². The van der Waals surface area contributed by atoms with Gasteiger partial charge in [0.15, 0.2) is 0 Å². The van der Waals surface area contributed by atoms with Crippen LogP contribution in [0.3, 0.4) is 0 Å². The third-order valence-electron chi connectivity index (χ3n) is 4.65. The summed E-state index contributed by atoms with van der Waals surface area (Å²) in [6, 6.07) is -0.570. The molecule has 1 aromatic rings. The Morgan fingerprint density at radius 3 is 3.00 bits per heavy atom. The maximum absolute atomic E-state index is 12.5. The highest BCUT2D eigenvalue weighted by Gasteiger charge is 2.30. The third kappa shape index (κ3) is 3.62. The lowest BCUT2D eigenvalue weighted by molar-refractivity contribution is -0.122. The summed E-state index contributed by atoms with van der Waals surface area (Å²) in [5.41, 5.74) is 0. The number of urea groups is 1. The SMILES string of the molecule is Cn1cnnc1[C@@H]1CCCN(C(=O)N[C@H]2CCCCNC2=O)C1. The fraction of sp³-hybridized carbons (Fsp3) is 0.733. The molecule has 2 saturated heterocycles. The molecule has 3 amide bonds. The van der Waals surface area contributed by atoms with Crippen molar-refractivity contribution < 1.29 is 9.59 Å². The molecule has 2 N–H and O–H groups in total. The molecule has 0 aromatic carbocycles. The van der Waals surface area contributed by atoms with E-state index in [0.717, 1.165) is 31.5 Å². The van der Waals surface area contributed by atoms with Crippen molar-refractivity contribution in [3.63, 3.8) is 0 Å². The average molecular weight is 320 g/mol. The number of hydrogen-bond acceptors (Lipinski definition) is 4. The van der Waals surface area contributed by atoms with Crippen LogP contribution in [0.25, 0.3) is 0 Å². The van der Waals surface area contributed by atoms with Gasteiger partial charge in [0.05, 0.1) is 0 Å². The van der Waals surface area contributed by atoms with Crippen molar-refractivity contribution in [2.45, 2.75) is 44.1 Å². The van der Waals surface area contributed by atoms with Gasteiger partial charge in [-0.1, -0.05) is 0 Å². The molecule has 3 rings (SSSR count). The Labute approximate surface area is 135 Å². The second-order valence-corrected chi connectivity index (χ2v) is 6.37. The monoisotopic (exact) mass is 320 g/mol. The van der Waals surface area contributed by atoms with E-state index < -0.39 is 6.04 Å². The van der Waals surface area contributed by atoms with Gasteiger partial charge in [-0.15, -0.1) is 10.2 Å². The smallest absolute Gasteiger partial charge is 0.318 e. The molecular weight excluding hydrogens is 296 g/mol. The molecule has 0 spiro atoms. The van der Waals surface area contributed by atoms with Gasteiger partial charge in [0.25, 0.3) is 0 Å². The van der Waals surface area contributed by atoms with Crippen molar-refractivity contribution >= 4 is 11.9 Å². The van der Waals surface area contributed by atoms with Crippen molar-refractivity contribution in [2.75, 3.05) is 19.6 Å². The first-order chi connectivity index (χ1) is 11.1. The second kappa shape index (κ2) is 6.97. The summed E-state index contributed by atoms with van der Waals surface area (Å²) in [5.74, 6) is 1.04. The van der Waals surface area contributed by atoms with Crippen LogP contribution in [0.2, 0.25) is 0 Å². The number of carbonyl (C=O) groups excluding carboxylic acids is 2. The maximum Gasteiger partial charge on any atom is 0.318 e. The lowest BCUT2D eigenvalue weighted by atomic mass is 9.97. The molecule has 2 fully saturated rings. The number of nitrogens with zero attached hydrogens (tertiary/aromatic N) is 4. The number of rotatable bonds is 2. The number of nitrogens with one attached hydrogen (secondary N) is 2. The van der Waals surface area contributed by atoms with E-state index in [1.165, 1.54) is 0 Å². The normalized spacial score (nSPS) is 25.6. The Balaban J connectivity index is 1.60. The van der Waals surface area contributed by atoms with E-state index in [1.807, 2.05) is 11.6 Å². The number of aryl methyl sites for hydroxylation is 1. The van der Waals surface area contributed by atoms with Gasteiger partial charge in [-0.05, 0) is 32.1 Å². The molecule has 8 heteroatoms. The molecule has 0 bridgehead atoms. The number of piperidine rings is 1. The van der Waals surface area contributed by atoms with Crippen LogP contribution in [0.15, 0.2) is 6.33 Å². The van der Waals surface area contributed by atoms with Crippen molar-refractivity contribution in [1.82, 2.24) is 30.3 Å². The van der Waals surface area contributed by atoms with Crippen LogP contribution in [0.5, 0.6) is 0 Å². The molecule has 1 aromatic heterocycles. The highest BCUT2D eigenvalue weighted by molar-refractivity contribution is 5.87. The van der Waals surface area contributed by atoms with Crippen LogP contribution in [-0.4, -0.2) is 57.3 Å². The molecule has 3 heterocycles. The molecular formula is C15H24N6O2. The maximum atomic E-state index is 12.5. The Morgan fingerprint density at radius 2 is 2.22 bits per heavy atom. The number of amides is 3. The van der Waals surface area contributed by atoms with Crippen LogP contribution in [-0.2, 0) is 11.8 Å². The zero-order valence-corrected chi connectivity index (χ0v) is 13.5.